The molecule has 4 heterocycles. The average Bonchev–Trinajstić information content (AvgIpc) is 3.76. The van der Waals surface area contributed by atoms with E-state index in [0.29, 0.717) is 26.7 Å². The fourth-order valence-electron chi connectivity index (χ4n) is 7.17. The normalized spacial score (nSPS) is 16.7. The van der Waals surface area contributed by atoms with Gasteiger partial charge >= 0.3 is 0 Å². The van der Waals surface area contributed by atoms with Gasteiger partial charge in [0.25, 0.3) is 11.8 Å². The van der Waals surface area contributed by atoms with Crippen molar-refractivity contribution < 1.29 is 14.0 Å². The first kappa shape index (κ1) is 29.6. The van der Waals surface area contributed by atoms with Crippen LogP contribution in [0.3, 0.4) is 0 Å². The van der Waals surface area contributed by atoms with Crippen molar-refractivity contribution >= 4 is 67.5 Å². The van der Waals surface area contributed by atoms with Crippen LogP contribution >= 0.6 is 23.1 Å². The highest BCUT2D eigenvalue weighted by Crippen LogP contribution is 2.55. The van der Waals surface area contributed by atoms with Gasteiger partial charge in [0.1, 0.15) is 5.58 Å². The van der Waals surface area contributed by atoms with Crippen LogP contribution in [0.25, 0.3) is 21.7 Å². The predicted molar refractivity (Wildman–Crippen MR) is 192 cm³/mol. The zero-order valence-corrected chi connectivity index (χ0v) is 27.8. The highest BCUT2D eigenvalue weighted by Gasteiger charge is 2.66. The lowest BCUT2D eigenvalue weighted by Gasteiger charge is -2.32. The first-order valence-corrected chi connectivity index (χ1v) is 17.6. The maximum atomic E-state index is 15.2. The predicted octanol–water partition coefficient (Wildman–Crippen LogP) is 7.85. The molecule has 7 aromatic rings. The molecule has 0 N–H and O–H groups in total. The van der Waals surface area contributed by atoms with Crippen LogP contribution in [-0.4, -0.2) is 22.0 Å². The van der Waals surface area contributed by atoms with Crippen LogP contribution in [-0.2, 0) is 22.6 Å². The molecule has 5 aromatic carbocycles. The van der Waals surface area contributed by atoms with Crippen LogP contribution in [0.5, 0.6) is 0 Å². The van der Waals surface area contributed by atoms with Crippen LogP contribution in [0.1, 0.15) is 38.4 Å². The van der Waals surface area contributed by atoms with Gasteiger partial charge in [-0.2, -0.15) is 0 Å². The largest absolute Gasteiger partial charge is 0.450 e. The molecule has 49 heavy (non-hydrogen) atoms. The van der Waals surface area contributed by atoms with Crippen LogP contribution in [0.4, 0.5) is 10.8 Å². The lowest BCUT2D eigenvalue weighted by atomic mass is 9.84. The van der Waals surface area contributed by atoms with Gasteiger partial charge in [-0.05, 0) is 47.0 Å². The van der Waals surface area contributed by atoms with Crippen molar-refractivity contribution in [1.29, 1.82) is 0 Å². The van der Waals surface area contributed by atoms with Crippen molar-refractivity contribution in [3.8, 4) is 0 Å². The van der Waals surface area contributed by atoms with E-state index in [4.69, 9.17) is 4.42 Å². The van der Waals surface area contributed by atoms with E-state index in [9.17, 15) is 9.59 Å². The second kappa shape index (κ2) is 11.3. The van der Waals surface area contributed by atoms with Crippen LogP contribution < -0.4 is 15.2 Å². The van der Waals surface area contributed by atoms with Gasteiger partial charge in [-0.25, -0.2) is 0 Å². The molecule has 2 aromatic heterocycles. The summed E-state index contributed by atoms with van der Waals surface area (Å²) in [6.07, 6.45) is 0. The number of amides is 2. The summed E-state index contributed by atoms with van der Waals surface area (Å²) in [5.74, 6) is -0.568. The Bertz CT molecular complexity index is 2560. The molecule has 2 amide bonds. The Morgan fingerprint density at radius 1 is 0.816 bits per heavy atom. The lowest BCUT2D eigenvalue weighted by Crippen LogP contribution is -2.53. The SMILES string of the molecule is Cc1cccc(CN2C(=O)C3(c4ccccc42)c2c(oc4ccccc4c2=O)C(=O)N3c2nnc(SCc3cccc4ccccc34)s2)c1. The van der Waals surface area contributed by atoms with Gasteiger partial charge in [-0.3, -0.25) is 19.3 Å². The summed E-state index contributed by atoms with van der Waals surface area (Å²) in [5, 5.41) is 11.8. The van der Waals surface area contributed by atoms with Gasteiger partial charge in [0.05, 0.1) is 23.2 Å². The molecule has 10 heteroatoms. The second-order valence-corrected chi connectivity index (χ2v) is 14.3. The molecule has 1 spiro atoms. The number of carbonyl (C=O) groups is 2. The lowest BCUT2D eigenvalue weighted by molar-refractivity contribution is -0.121. The van der Waals surface area contributed by atoms with E-state index in [1.807, 2.05) is 73.7 Å². The molecule has 2 aliphatic heterocycles. The minimum Gasteiger partial charge on any atom is -0.450 e. The van der Waals surface area contributed by atoms with Crippen molar-refractivity contribution in [2.75, 3.05) is 9.80 Å². The number of rotatable bonds is 6. The smallest absolute Gasteiger partial charge is 0.297 e. The molecule has 8 nitrogen and oxygen atoms in total. The Morgan fingerprint density at radius 3 is 2.45 bits per heavy atom. The molecule has 1 unspecified atom stereocenters. The van der Waals surface area contributed by atoms with E-state index in [1.165, 1.54) is 28.0 Å². The fraction of sp³-hybridized carbons (Fsp3) is 0.103. The number of fused-ring (bicyclic) bond motifs is 6. The molecule has 0 saturated carbocycles. The standard InChI is InChI=1S/C39H26N4O4S2/c1-23-10-8-11-24(20-23)21-42-30-18-6-5-17-29(30)39(36(42)46)32-33(44)28-16-4-7-19-31(28)47-34(32)35(45)43(39)37-40-41-38(49-37)48-22-26-14-9-13-25-12-2-3-15-27(25)26/h2-20H,21-22H2,1H3. The summed E-state index contributed by atoms with van der Waals surface area (Å²) >= 11 is 2.72. The van der Waals surface area contributed by atoms with E-state index in [2.05, 4.69) is 34.5 Å². The van der Waals surface area contributed by atoms with E-state index < -0.39 is 22.8 Å². The Kier molecular flexibility index (Phi) is 6.79. The van der Waals surface area contributed by atoms with E-state index in [-0.39, 0.29) is 28.6 Å². The number of benzene rings is 5. The van der Waals surface area contributed by atoms with E-state index in [1.54, 1.807) is 29.2 Å². The number of hydrogen-bond acceptors (Lipinski definition) is 8. The van der Waals surface area contributed by atoms with Crippen molar-refractivity contribution in [3.63, 3.8) is 0 Å². The minimum absolute atomic E-state index is 0.000510. The summed E-state index contributed by atoms with van der Waals surface area (Å²) < 4.78 is 6.84. The van der Waals surface area contributed by atoms with Crippen LogP contribution in [0.15, 0.2) is 129 Å². The Hall–Kier alpha value is -5.58. The maximum Gasteiger partial charge on any atom is 0.297 e. The number of aromatic nitrogens is 2. The number of hydrogen-bond donors (Lipinski definition) is 0. The maximum absolute atomic E-state index is 15.2. The number of aryl methyl sites for hydroxylation is 1. The van der Waals surface area contributed by atoms with Crippen molar-refractivity contribution in [2.45, 2.75) is 29.1 Å². The molecule has 0 radical (unpaired) electrons. The van der Waals surface area contributed by atoms with Gasteiger partial charge in [-0.15, -0.1) is 10.2 Å². The molecule has 0 saturated heterocycles. The number of para-hydroxylation sites is 2. The molecular weight excluding hydrogens is 653 g/mol. The van der Waals surface area contributed by atoms with Gasteiger partial charge in [0, 0.05) is 11.3 Å². The Labute approximate surface area is 288 Å². The number of nitrogens with zero attached hydrogens (tertiary/aromatic N) is 4. The van der Waals surface area contributed by atoms with Crippen LogP contribution in [0.2, 0.25) is 0 Å². The third-order valence-electron chi connectivity index (χ3n) is 9.27. The summed E-state index contributed by atoms with van der Waals surface area (Å²) in [4.78, 5) is 47.3. The first-order chi connectivity index (χ1) is 23.9. The van der Waals surface area contributed by atoms with Gasteiger partial charge in [0.2, 0.25) is 10.9 Å². The molecule has 1 atom stereocenters. The summed E-state index contributed by atoms with van der Waals surface area (Å²) in [6, 6.07) is 36.5. The van der Waals surface area contributed by atoms with E-state index >= 15 is 4.79 Å². The Balaban J connectivity index is 1.20. The highest BCUT2D eigenvalue weighted by atomic mass is 32.2. The summed E-state index contributed by atoms with van der Waals surface area (Å²) in [5.41, 5.74) is 2.27. The average molecular weight is 679 g/mol. The van der Waals surface area contributed by atoms with Crippen molar-refractivity contribution in [1.82, 2.24) is 10.2 Å². The van der Waals surface area contributed by atoms with Gasteiger partial charge in [-0.1, -0.05) is 126 Å². The molecule has 0 bridgehead atoms. The summed E-state index contributed by atoms with van der Waals surface area (Å²) in [7, 11) is 0. The monoisotopic (exact) mass is 678 g/mol. The van der Waals surface area contributed by atoms with E-state index in [0.717, 1.165) is 27.5 Å². The first-order valence-electron chi connectivity index (χ1n) is 15.8. The zero-order valence-electron chi connectivity index (χ0n) is 26.1. The number of thioether (sulfide) groups is 1. The van der Waals surface area contributed by atoms with Crippen molar-refractivity contribution in [2.24, 2.45) is 0 Å². The topological polar surface area (TPSA) is 96.6 Å². The molecule has 0 fully saturated rings. The van der Waals surface area contributed by atoms with Gasteiger partial charge in [0.15, 0.2) is 15.3 Å². The van der Waals surface area contributed by atoms with Crippen LogP contribution in [0, 0.1) is 6.92 Å². The quantitative estimate of drug-likeness (QED) is 0.131. The number of anilines is 2. The molecule has 238 valence electrons. The highest BCUT2D eigenvalue weighted by molar-refractivity contribution is 8.00. The zero-order chi connectivity index (χ0) is 33.3. The second-order valence-electron chi connectivity index (χ2n) is 12.2. The fourth-order valence-corrected chi connectivity index (χ4v) is 9.06. The molecule has 9 rings (SSSR count). The summed E-state index contributed by atoms with van der Waals surface area (Å²) in [6.45, 7) is 2.25. The van der Waals surface area contributed by atoms with Gasteiger partial charge < -0.3 is 9.32 Å². The minimum atomic E-state index is -1.84. The number of carbonyl (C=O) groups excluding carboxylic acids is 2. The van der Waals surface area contributed by atoms with Crippen molar-refractivity contribution in [3.05, 3.63) is 159 Å². The Morgan fingerprint density at radius 2 is 1.57 bits per heavy atom. The third-order valence-corrected chi connectivity index (χ3v) is 11.4. The molecular formula is C39H26N4O4S2. The third kappa shape index (κ3) is 4.41. The molecule has 0 aliphatic carbocycles. The molecule has 2 aliphatic rings.